The highest BCUT2D eigenvalue weighted by atomic mass is 32.2. The van der Waals surface area contributed by atoms with Crippen LogP contribution < -0.4 is 5.56 Å². The molecule has 0 amide bonds. The monoisotopic (exact) mass is 331 g/mol. The van der Waals surface area contributed by atoms with E-state index in [0.29, 0.717) is 15.4 Å². The number of nitrogens with one attached hydrogen (secondary N) is 1. The summed E-state index contributed by atoms with van der Waals surface area (Å²) >= 11 is 2.61. The Bertz CT molecular complexity index is 938. The second kappa shape index (κ2) is 5.91. The third-order valence-electron chi connectivity index (χ3n) is 3.12. The van der Waals surface area contributed by atoms with Gasteiger partial charge in [0, 0.05) is 10.4 Å². The molecule has 110 valence electrons. The van der Waals surface area contributed by atoms with Crippen molar-refractivity contribution in [2.75, 3.05) is 5.75 Å². The fraction of sp³-hybridized carbons (Fsp3) is 0.133. The Kier molecular flexibility index (Phi) is 3.96. The number of halogens is 1. The van der Waals surface area contributed by atoms with Gasteiger partial charge in [0.1, 0.15) is 10.6 Å². The maximum atomic E-state index is 13.1. The Labute approximate surface area is 133 Å². The minimum absolute atomic E-state index is 0.226. The number of nitrogens with zero attached hydrogens (tertiary/aromatic N) is 2. The van der Waals surface area contributed by atoms with Gasteiger partial charge >= 0.3 is 0 Å². The average Bonchev–Trinajstić information content (AvgIpc) is 2.82. The van der Waals surface area contributed by atoms with E-state index in [4.69, 9.17) is 5.26 Å². The first kappa shape index (κ1) is 14.8. The fourth-order valence-corrected chi connectivity index (χ4v) is 3.86. The van der Waals surface area contributed by atoms with Crippen molar-refractivity contribution in [2.24, 2.45) is 0 Å². The van der Waals surface area contributed by atoms with Crippen molar-refractivity contribution in [1.82, 2.24) is 9.97 Å². The molecular weight excluding hydrogens is 321 g/mol. The van der Waals surface area contributed by atoms with Gasteiger partial charge in [-0.2, -0.15) is 5.26 Å². The first-order valence-electron chi connectivity index (χ1n) is 6.39. The number of thioether (sulfide) groups is 1. The van der Waals surface area contributed by atoms with Crippen LogP contribution in [0.25, 0.3) is 21.3 Å². The molecule has 0 aliphatic heterocycles. The highest BCUT2D eigenvalue weighted by Crippen LogP contribution is 2.36. The molecule has 0 unspecified atom stereocenters. The Balaban J connectivity index is 2.20. The summed E-state index contributed by atoms with van der Waals surface area (Å²) in [4.78, 5) is 21.0. The Morgan fingerprint density at radius 3 is 2.82 bits per heavy atom. The van der Waals surface area contributed by atoms with E-state index in [0.717, 1.165) is 16.0 Å². The van der Waals surface area contributed by atoms with E-state index in [2.05, 4.69) is 9.97 Å². The molecule has 22 heavy (non-hydrogen) atoms. The fourth-order valence-electron chi connectivity index (χ4n) is 2.23. The van der Waals surface area contributed by atoms with Gasteiger partial charge in [0.25, 0.3) is 5.56 Å². The first-order valence-corrected chi connectivity index (χ1v) is 8.19. The second-order valence-corrected chi connectivity index (χ2v) is 6.71. The van der Waals surface area contributed by atoms with Crippen LogP contribution in [-0.4, -0.2) is 15.7 Å². The van der Waals surface area contributed by atoms with Gasteiger partial charge in [0.15, 0.2) is 5.16 Å². The van der Waals surface area contributed by atoms with E-state index in [1.165, 1.54) is 35.2 Å². The molecular formula is C15H10FN3OS2. The van der Waals surface area contributed by atoms with Crippen molar-refractivity contribution < 1.29 is 4.39 Å². The summed E-state index contributed by atoms with van der Waals surface area (Å²) in [5.74, 6) is -0.0907. The van der Waals surface area contributed by atoms with Gasteiger partial charge in [0.2, 0.25) is 0 Å². The Hall–Kier alpha value is -2.17. The van der Waals surface area contributed by atoms with Crippen molar-refractivity contribution in [3.63, 3.8) is 0 Å². The van der Waals surface area contributed by atoms with Gasteiger partial charge < -0.3 is 4.98 Å². The van der Waals surface area contributed by atoms with Gasteiger partial charge in [0.05, 0.1) is 17.2 Å². The van der Waals surface area contributed by atoms with E-state index < -0.39 is 0 Å². The average molecular weight is 331 g/mol. The summed E-state index contributed by atoms with van der Waals surface area (Å²) < 4.78 is 13.1. The van der Waals surface area contributed by atoms with Crippen LogP contribution >= 0.6 is 23.1 Å². The van der Waals surface area contributed by atoms with Crippen molar-refractivity contribution in [3.05, 3.63) is 45.3 Å². The molecule has 3 aromatic rings. The molecule has 4 nitrogen and oxygen atoms in total. The summed E-state index contributed by atoms with van der Waals surface area (Å²) in [6, 6.07) is 8.05. The summed E-state index contributed by atoms with van der Waals surface area (Å²) in [7, 11) is 0. The number of benzene rings is 1. The van der Waals surface area contributed by atoms with E-state index in [9.17, 15) is 9.18 Å². The number of rotatable bonds is 3. The third kappa shape index (κ3) is 2.63. The lowest BCUT2D eigenvalue weighted by Crippen LogP contribution is -2.08. The number of H-pyrrole nitrogens is 1. The van der Waals surface area contributed by atoms with Crippen molar-refractivity contribution in [3.8, 4) is 17.2 Å². The normalized spacial score (nSPS) is 10.8. The summed E-state index contributed by atoms with van der Waals surface area (Å²) in [5, 5.41) is 9.56. The quantitative estimate of drug-likeness (QED) is 0.587. The molecule has 2 aromatic heterocycles. The maximum Gasteiger partial charge on any atom is 0.260 e. The second-order valence-electron chi connectivity index (χ2n) is 4.54. The van der Waals surface area contributed by atoms with Gasteiger partial charge in [-0.15, -0.1) is 11.3 Å². The van der Waals surface area contributed by atoms with Crippen molar-refractivity contribution in [2.45, 2.75) is 12.1 Å². The SMILES string of the molecule is Cc1sc2nc(SCC#N)[nH]c(=O)c2c1-c1ccc(F)cc1. The van der Waals surface area contributed by atoms with Crippen molar-refractivity contribution in [1.29, 1.82) is 5.26 Å². The molecule has 0 fully saturated rings. The number of fused-ring (bicyclic) bond motifs is 1. The molecule has 0 saturated heterocycles. The maximum absolute atomic E-state index is 13.1. The first-order chi connectivity index (χ1) is 10.6. The van der Waals surface area contributed by atoms with Crippen LogP contribution in [0.15, 0.2) is 34.2 Å². The van der Waals surface area contributed by atoms with E-state index >= 15 is 0 Å². The molecule has 3 rings (SSSR count). The Morgan fingerprint density at radius 2 is 2.14 bits per heavy atom. The molecule has 0 aliphatic rings. The molecule has 0 radical (unpaired) electrons. The lowest BCUT2D eigenvalue weighted by atomic mass is 10.0. The lowest BCUT2D eigenvalue weighted by Gasteiger charge is -2.02. The number of aryl methyl sites for hydroxylation is 1. The van der Waals surface area contributed by atoms with Gasteiger partial charge in [-0.05, 0) is 24.6 Å². The van der Waals surface area contributed by atoms with E-state index in [1.807, 2.05) is 13.0 Å². The number of hydrogen-bond acceptors (Lipinski definition) is 5. The van der Waals surface area contributed by atoms with E-state index in [1.54, 1.807) is 12.1 Å². The van der Waals surface area contributed by atoms with Crippen LogP contribution in [0.5, 0.6) is 0 Å². The third-order valence-corrected chi connectivity index (χ3v) is 4.86. The van der Waals surface area contributed by atoms with Crippen LogP contribution in [0.1, 0.15) is 4.88 Å². The lowest BCUT2D eigenvalue weighted by molar-refractivity contribution is 0.628. The number of aromatic amines is 1. The molecule has 0 bridgehead atoms. The summed E-state index contributed by atoms with van der Waals surface area (Å²) in [5.41, 5.74) is 1.33. The number of nitriles is 1. The highest BCUT2D eigenvalue weighted by molar-refractivity contribution is 7.99. The van der Waals surface area contributed by atoms with Gasteiger partial charge in [-0.1, -0.05) is 23.9 Å². The molecule has 2 heterocycles. The predicted octanol–water partition coefficient (Wildman–Crippen LogP) is 3.71. The molecule has 0 spiro atoms. The van der Waals surface area contributed by atoms with Crippen LogP contribution in [0, 0.1) is 24.1 Å². The molecule has 7 heteroatoms. The molecule has 1 N–H and O–H groups in total. The molecule has 0 saturated carbocycles. The zero-order chi connectivity index (χ0) is 15.7. The van der Waals surface area contributed by atoms with E-state index in [-0.39, 0.29) is 17.1 Å². The number of aromatic nitrogens is 2. The minimum Gasteiger partial charge on any atom is -0.301 e. The van der Waals surface area contributed by atoms with Crippen molar-refractivity contribution >= 4 is 33.3 Å². The van der Waals surface area contributed by atoms with Crippen LogP contribution in [-0.2, 0) is 0 Å². The standard InChI is InChI=1S/C15H10FN3OS2/c1-8-11(9-2-4-10(16)5-3-9)12-13(20)18-15(21-7-6-17)19-14(12)22-8/h2-5H,7H2,1H3,(H,18,19,20). The van der Waals surface area contributed by atoms with Gasteiger partial charge in [-0.3, -0.25) is 4.79 Å². The predicted molar refractivity (Wildman–Crippen MR) is 86.7 cm³/mol. The highest BCUT2D eigenvalue weighted by Gasteiger charge is 2.16. The zero-order valence-corrected chi connectivity index (χ0v) is 13.1. The number of hydrogen-bond donors (Lipinski definition) is 1. The Morgan fingerprint density at radius 1 is 1.41 bits per heavy atom. The smallest absolute Gasteiger partial charge is 0.260 e. The summed E-state index contributed by atoms with van der Waals surface area (Å²) in [6.45, 7) is 1.91. The van der Waals surface area contributed by atoms with Crippen LogP contribution in [0.2, 0.25) is 0 Å². The topological polar surface area (TPSA) is 69.5 Å². The van der Waals surface area contributed by atoms with Gasteiger partial charge in [-0.25, -0.2) is 9.37 Å². The molecule has 0 atom stereocenters. The molecule has 1 aromatic carbocycles. The largest absolute Gasteiger partial charge is 0.301 e. The van der Waals surface area contributed by atoms with Crippen LogP contribution in [0.3, 0.4) is 0 Å². The summed E-state index contributed by atoms with van der Waals surface area (Å²) in [6.07, 6.45) is 0. The molecule has 0 aliphatic carbocycles. The van der Waals surface area contributed by atoms with Crippen LogP contribution in [0.4, 0.5) is 4.39 Å². The zero-order valence-electron chi connectivity index (χ0n) is 11.5. The number of thiophene rings is 1. The minimum atomic E-state index is -0.317.